The molecule has 0 spiro atoms. The van der Waals surface area contributed by atoms with Gasteiger partial charge in [-0.15, -0.1) is 0 Å². The van der Waals surface area contributed by atoms with Crippen LogP contribution in [0.3, 0.4) is 0 Å². The summed E-state index contributed by atoms with van der Waals surface area (Å²) >= 11 is 1.48. The Morgan fingerprint density at radius 2 is 2.00 bits per heavy atom. The number of aromatic nitrogens is 2. The first-order chi connectivity index (χ1) is 10.3. The monoisotopic (exact) mass is 296 g/mol. The zero-order chi connectivity index (χ0) is 14.4. The van der Waals surface area contributed by atoms with E-state index in [0.717, 1.165) is 36.1 Å². The van der Waals surface area contributed by atoms with Gasteiger partial charge in [-0.25, -0.2) is 9.38 Å². The first-order valence-corrected chi connectivity index (χ1v) is 7.70. The molecule has 0 bridgehead atoms. The average molecular weight is 296 g/mol. The van der Waals surface area contributed by atoms with Crippen LogP contribution >= 0.6 is 11.3 Å². The Balaban J connectivity index is 2.11. The van der Waals surface area contributed by atoms with Crippen molar-refractivity contribution < 1.29 is 0 Å². The van der Waals surface area contributed by atoms with Gasteiger partial charge in [0.05, 0.1) is 10.2 Å². The molecule has 0 unspecified atom stereocenters. The lowest BCUT2D eigenvalue weighted by Crippen LogP contribution is -2.26. The van der Waals surface area contributed by atoms with E-state index in [2.05, 4.69) is 11.1 Å². The van der Waals surface area contributed by atoms with E-state index in [0.29, 0.717) is 10.8 Å². The third-order valence-electron chi connectivity index (χ3n) is 3.86. The van der Waals surface area contributed by atoms with E-state index >= 15 is 0 Å². The summed E-state index contributed by atoms with van der Waals surface area (Å²) in [7, 11) is 0. The Hall–Kier alpha value is -2.39. The smallest absolute Gasteiger partial charge is 0.279 e. The average Bonchev–Trinajstić information content (AvgIpc) is 3.14. The van der Waals surface area contributed by atoms with E-state index in [1.54, 1.807) is 4.40 Å². The highest BCUT2D eigenvalue weighted by Gasteiger charge is 2.22. The van der Waals surface area contributed by atoms with Gasteiger partial charge in [-0.1, -0.05) is 23.5 Å². The molecule has 2 aromatic heterocycles. The van der Waals surface area contributed by atoms with Gasteiger partial charge in [0.15, 0.2) is 16.3 Å². The predicted octanol–water partition coefficient (Wildman–Crippen LogP) is 2.38. The number of fused-ring (bicyclic) bond motifs is 3. The van der Waals surface area contributed by atoms with E-state index in [1.807, 2.05) is 29.2 Å². The van der Waals surface area contributed by atoms with Crippen LogP contribution < -0.4 is 10.5 Å². The van der Waals surface area contributed by atoms with Crippen molar-refractivity contribution in [1.29, 1.82) is 5.26 Å². The Labute approximate surface area is 124 Å². The third-order valence-corrected chi connectivity index (χ3v) is 4.88. The summed E-state index contributed by atoms with van der Waals surface area (Å²) in [4.78, 5) is 20.0. The minimum atomic E-state index is -0.262. The Kier molecular flexibility index (Phi) is 2.69. The first kappa shape index (κ1) is 12.4. The minimum Gasteiger partial charge on any atom is -0.355 e. The molecule has 1 aromatic carbocycles. The summed E-state index contributed by atoms with van der Waals surface area (Å²) in [6.45, 7) is 1.73. The zero-order valence-corrected chi connectivity index (χ0v) is 12.1. The number of para-hydroxylation sites is 1. The third kappa shape index (κ3) is 1.74. The van der Waals surface area contributed by atoms with E-state index < -0.39 is 0 Å². The van der Waals surface area contributed by atoms with Gasteiger partial charge in [0.1, 0.15) is 6.07 Å². The normalized spacial score (nSPS) is 14.9. The molecule has 1 aliphatic heterocycles. The highest BCUT2D eigenvalue weighted by atomic mass is 32.1. The second-order valence-electron chi connectivity index (χ2n) is 5.11. The maximum Gasteiger partial charge on any atom is 0.279 e. The van der Waals surface area contributed by atoms with Gasteiger partial charge in [0.2, 0.25) is 0 Å². The maximum atomic E-state index is 12.7. The van der Waals surface area contributed by atoms with Crippen LogP contribution in [-0.2, 0) is 0 Å². The highest BCUT2D eigenvalue weighted by Crippen LogP contribution is 2.27. The quantitative estimate of drug-likeness (QED) is 0.691. The Morgan fingerprint density at radius 3 is 2.76 bits per heavy atom. The Bertz CT molecular complexity index is 944. The van der Waals surface area contributed by atoms with Gasteiger partial charge in [-0.3, -0.25) is 4.79 Å². The molecule has 3 heterocycles. The summed E-state index contributed by atoms with van der Waals surface area (Å²) in [6.07, 6.45) is 2.16. The molecule has 0 aliphatic carbocycles. The predicted molar refractivity (Wildman–Crippen MR) is 83.0 cm³/mol. The van der Waals surface area contributed by atoms with E-state index in [1.165, 1.54) is 11.3 Å². The van der Waals surface area contributed by atoms with Crippen LogP contribution in [0.25, 0.3) is 15.2 Å². The molecule has 3 aromatic rings. The lowest BCUT2D eigenvalue weighted by atomic mass is 10.3. The molecule has 1 aliphatic rings. The topological polar surface area (TPSA) is 61.4 Å². The number of nitrogens with zero attached hydrogens (tertiary/aromatic N) is 4. The molecule has 6 heteroatoms. The molecule has 0 radical (unpaired) electrons. The van der Waals surface area contributed by atoms with Gasteiger partial charge in [0, 0.05) is 13.1 Å². The van der Waals surface area contributed by atoms with Gasteiger partial charge in [-0.2, -0.15) is 5.26 Å². The standard InChI is InChI=1S/C15H12N4OS/c16-9-10-13(18-7-3-4-8-18)17-15-19(14(10)20)11-5-1-2-6-12(11)21-15/h1-2,5-6H,3-4,7-8H2. The fraction of sp³-hybridized carbons (Fsp3) is 0.267. The van der Waals surface area contributed by atoms with Crippen LogP contribution in [0.4, 0.5) is 5.82 Å². The number of hydrogen-bond acceptors (Lipinski definition) is 5. The molecular formula is C15H12N4OS. The number of thiazole rings is 1. The second kappa shape index (κ2) is 4.57. The van der Waals surface area contributed by atoms with Crippen molar-refractivity contribution in [3.05, 3.63) is 40.2 Å². The van der Waals surface area contributed by atoms with Crippen molar-refractivity contribution in [2.24, 2.45) is 0 Å². The summed E-state index contributed by atoms with van der Waals surface area (Å²) in [5, 5.41) is 9.40. The molecule has 1 fully saturated rings. The number of rotatable bonds is 1. The van der Waals surface area contributed by atoms with Crippen molar-refractivity contribution in [3.63, 3.8) is 0 Å². The summed E-state index contributed by atoms with van der Waals surface area (Å²) in [5.41, 5.74) is 0.708. The second-order valence-corrected chi connectivity index (χ2v) is 6.12. The maximum absolute atomic E-state index is 12.7. The van der Waals surface area contributed by atoms with E-state index in [-0.39, 0.29) is 11.1 Å². The molecule has 0 saturated carbocycles. The molecular weight excluding hydrogens is 284 g/mol. The van der Waals surface area contributed by atoms with Crippen molar-refractivity contribution in [2.45, 2.75) is 12.8 Å². The lowest BCUT2D eigenvalue weighted by Gasteiger charge is -2.17. The van der Waals surface area contributed by atoms with Crippen LogP contribution in [0, 0.1) is 11.3 Å². The zero-order valence-electron chi connectivity index (χ0n) is 11.2. The van der Waals surface area contributed by atoms with Crippen molar-refractivity contribution in [3.8, 4) is 6.07 Å². The highest BCUT2D eigenvalue weighted by molar-refractivity contribution is 7.23. The van der Waals surface area contributed by atoms with E-state index in [4.69, 9.17) is 0 Å². The van der Waals surface area contributed by atoms with Gasteiger partial charge < -0.3 is 4.90 Å². The fourth-order valence-corrected chi connectivity index (χ4v) is 3.87. The van der Waals surface area contributed by atoms with Crippen molar-refractivity contribution >= 4 is 32.3 Å². The first-order valence-electron chi connectivity index (χ1n) is 6.89. The van der Waals surface area contributed by atoms with Gasteiger partial charge in [-0.05, 0) is 25.0 Å². The van der Waals surface area contributed by atoms with Crippen LogP contribution in [0.1, 0.15) is 18.4 Å². The molecule has 0 atom stereocenters. The van der Waals surface area contributed by atoms with Crippen molar-refractivity contribution in [1.82, 2.24) is 9.38 Å². The summed E-state index contributed by atoms with van der Waals surface area (Å²) in [5.74, 6) is 0.548. The van der Waals surface area contributed by atoms with Crippen LogP contribution in [0.15, 0.2) is 29.1 Å². The number of nitriles is 1. The molecule has 21 heavy (non-hydrogen) atoms. The Morgan fingerprint density at radius 1 is 1.24 bits per heavy atom. The van der Waals surface area contributed by atoms with Crippen molar-refractivity contribution in [2.75, 3.05) is 18.0 Å². The number of hydrogen-bond donors (Lipinski definition) is 0. The van der Waals surface area contributed by atoms with Crippen LogP contribution in [-0.4, -0.2) is 22.5 Å². The largest absolute Gasteiger partial charge is 0.355 e. The summed E-state index contributed by atoms with van der Waals surface area (Å²) < 4.78 is 2.56. The van der Waals surface area contributed by atoms with E-state index in [9.17, 15) is 10.1 Å². The molecule has 1 saturated heterocycles. The lowest BCUT2D eigenvalue weighted by molar-refractivity contribution is 0.923. The molecule has 0 N–H and O–H groups in total. The minimum absolute atomic E-state index is 0.151. The summed E-state index contributed by atoms with van der Waals surface area (Å²) in [6, 6.07) is 9.74. The molecule has 104 valence electrons. The number of benzene rings is 1. The van der Waals surface area contributed by atoms with Gasteiger partial charge >= 0.3 is 0 Å². The SMILES string of the molecule is N#Cc1c(N2CCCC2)nc2sc3ccccc3n2c1=O. The van der Waals surface area contributed by atoms with Gasteiger partial charge in [0.25, 0.3) is 5.56 Å². The molecule has 5 nitrogen and oxygen atoms in total. The van der Waals surface area contributed by atoms with Crippen LogP contribution in [0.5, 0.6) is 0 Å². The fourth-order valence-electron chi connectivity index (χ4n) is 2.85. The number of anilines is 1. The van der Waals surface area contributed by atoms with Crippen LogP contribution in [0.2, 0.25) is 0 Å². The molecule has 4 rings (SSSR count). The molecule has 0 amide bonds.